The normalized spacial score (nSPS) is 10.4. The van der Waals surface area contributed by atoms with E-state index in [1.54, 1.807) is 19.4 Å². The van der Waals surface area contributed by atoms with E-state index in [-0.39, 0.29) is 0 Å². The van der Waals surface area contributed by atoms with E-state index < -0.39 is 0 Å². The van der Waals surface area contributed by atoms with Crippen LogP contribution in [0.4, 0.5) is 0 Å². The summed E-state index contributed by atoms with van der Waals surface area (Å²) < 4.78 is 18.0. The van der Waals surface area contributed by atoms with Crippen LogP contribution in [-0.4, -0.2) is 38.2 Å². The quantitative estimate of drug-likeness (QED) is 0.122. The van der Waals surface area contributed by atoms with Crippen LogP contribution in [0.15, 0.2) is 54.2 Å². The molecule has 0 saturated heterocycles. The first-order chi connectivity index (χ1) is 14.0. The first kappa shape index (κ1) is 23.0. The molecule has 0 unspecified atom stereocenters. The number of benzene rings is 2. The topological polar surface area (TPSA) is 64.1 Å². The smallest absolute Gasteiger partial charge is 0.187 e. The van der Waals surface area contributed by atoms with Gasteiger partial charge in [-0.15, -0.1) is 6.58 Å². The molecule has 8 heteroatoms. The van der Waals surface area contributed by atoms with Crippen LogP contribution in [0.3, 0.4) is 0 Å². The molecule has 0 radical (unpaired) electrons. The molecule has 2 aromatic rings. The van der Waals surface area contributed by atoms with Gasteiger partial charge in [0.15, 0.2) is 16.6 Å². The van der Waals surface area contributed by atoms with E-state index in [4.69, 9.17) is 26.4 Å². The van der Waals surface area contributed by atoms with E-state index in [0.29, 0.717) is 36.4 Å². The van der Waals surface area contributed by atoms with Crippen LogP contribution < -0.4 is 25.0 Å². The SMILES string of the molecule is C=CCNC(=S)N/N=C\c1cc(I)c(OCCOc2ccc(C)cc2)c(OC)c1. The van der Waals surface area contributed by atoms with Crippen LogP contribution in [0, 0.1) is 10.5 Å². The molecule has 6 nitrogen and oxygen atoms in total. The first-order valence-corrected chi connectivity index (χ1v) is 10.4. The number of hydrogen-bond acceptors (Lipinski definition) is 5. The van der Waals surface area contributed by atoms with Gasteiger partial charge in [0.2, 0.25) is 0 Å². The number of hydrogen-bond donors (Lipinski definition) is 2. The molecule has 0 saturated carbocycles. The number of hydrazone groups is 1. The van der Waals surface area contributed by atoms with E-state index in [9.17, 15) is 0 Å². The zero-order chi connectivity index (χ0) is 21.1. The molecule has 2 aromatic carbocycles. The molecule has 0 spiro atoms. The maximum atomic E-state index is 5.89. The van der Waals surface area contributed by atoms with E-state index in [0.717, 1.165) is 14.9 Å². The third-order valence-corrected chi connectivity index (χ3v) is 4.69. The maximum absolute atomic E-state index is 5.89. The molecule has 0 amide bonds. The Bertz CT molecular complexity index is 857. The number of rotatable bonds is 10. The molecular weight excluding hydrogens is 501 g/mol. The molecule has 0 bridgehead atoms. The first-order valence-electron chi connectivity index (χ1n) is 8.91. The minimum Gasteiger partial charge on any atom is -0.493 e. The molecule has 2 N–H and O–H groups in total. The second-order valence-corrected chi connectivity index (χ2v) is 7.48. The zero-order valence-corrected chi connectivity index (χ0v) is 19.4. The highest BCUT2D eigenvalue weighted by molar-refractivity contribution is 14.1. The molecular formula is C21H24IN3O3S. The summed E-state index contributed by atoms with van der Waals surface area (Å²) in [5.74, 6) is 2.12. The van der Waals surface area contributed by atoms with Gasteiger partial charge >= 0.3 is 0 Å². The standard InChI is InChI=1S/C21H24IN3O3S/c1-4-9-23-21(29)25-24-14-16-12-18(22)20(19(13-16)26-3)28-11-10-27-17-7-5-15(2)6-8-17/h4-8,12-14H,1,9-11H2,2-3H3,(H2,23,25,29)/b24-14-. The monoisotopic (exact) mass is 525 g/mol. The zero-order valence-electron chi connectivity index (χ0n) is 16.4. The maximum Gasteiger partial charge on any atom is 0.187 e. The Kier molecular flexibility index (Phi) is 9.72. The van der Waals surface area contributed by atoms with Gasteiger partial charge in [-0.25, -0.2) is 0 Å². The summed E-state index contributed by atoms with van der Waals surface area (Å²) in [4.78, 5) is 0. The second-order valence-electron chi connectivity index (χ2n) is 5.91. The number of methoxy groups -OCH3 is 1. The molecule has 0 aromatic heterocycles. The summed E-state index contributed by atoms with van der Waals surface area (Å²) in [6, 6.07) is 11.7. The molecule has 0 atom stereocenters. The predicted molar refractivity (Wildman–Crippen MR) is 129 cm³/mol. The summed E-state index contributed by atoms with van der Waals surface area (Å²) in [5, 5.41) is 7.49. The third-order valence-electron chi connectivity index (χ3n) is 3.66. The third kappa shape index (κ3) is 7.90. The average molecular weight is 525 g/mol. The summed E-state index contributed by atoms with van der Waals surface area (Å²) in [6.45, 7) is 7.07. The van der Waals surface area contributed by atoms with Crippen LogP contribution in [0.2, 0.25) is 0 Å². The fourth-order valence-corrected chi connectivity index (χ4v) is 3.18. The number of nitrogens with zero attached hydrogens (tertiary/aromatic N) is 1. The molecule has 2 rings (SSSR count). The van der Waals surface area contributed by atoms with Gasteiger partial charge in [0, 0.05) is 6.54 Å². The molecule has 0 aliphatic rings. The second kappa shape index (κ2) is 12.3. The highest BCUT2D eigenvalue weighted by atomic mass is 127. The fraction of sp³-hybridized carbons (Fsp3) is 0.238. The van der Waals surface area contributed by atoms with Crippen molar-refractivity contribution >= 4 is 46.1 Å². The largest absolute Gasteiger partial charge is 0.493 e. The minimum absolute atomic E-state index is 0.401. The highest BCUT2D eigenvalue weighted by Crippen LogP contribution is 2.33. The molecule has 0 heterocycles. The average Bonchev–Trinajstić information content (AvgIpc) is 2.71. The van der Waals surface area contributed by atoms with Gasteiger partial charge in [0.1, 0.15) is 19.0 Å². The van der Waals surface area contributed by atoms with Crippen molar-refractivity contribution in [3.8, 4) is 17.2 Å². The summed E-state index contributed by atoms with van der Waals surface area (Å²) in [7, 11) is 1.61. The Morgan fingerprint density at radius 2 is 1.93 bits per heavy atom. The molecule has 0 fully saturated rings. The number of halogens is 1. The van der Waals surface area contributed by atoms with Crippen molar-refractivity contribution in [2.24, 2.45) is 5.10 Å². The van der Waals surface area contributed by atoms with Crippen LogP contribution in [0.1, 0.15) is 11.1 Å². The summed E-state index contributed by atoms with van der Waals surface area (Å²) in [6.07, 6.45) is 3.38. The van der Waals surface area contributed by atoms with Crippen molar-refractivity contribution in [1.82, 2.24) is 10.7 Å². The lowest BCUT2D eigenvalue weighted by atomic mass is 10.2. The van der Waals surface area contributed by atoms with E-state index in [1.807, 2.05) is 43.3 Å². The Morgan fingerprint density at radius 1 is 1.21 bits per heavy atom. The van der Waals surface area contributed by atoms with Crippen molar-refractivity contribution < 1.29 is 14.2 Å². The van der Waals surface area contributed by atoms with Crippen molar-refractivity contribution in [3.63, 3.8) is 0 Å². The predicted octanol–water partition coefficient (Wildman–Crippen LogP) is 4.05. The van der Waals surface area contributed by atoms with Crippen molar-refractivity contribution in [3.05, 3.63) is 63.8 Å². The van der Waals surface area contributed by atoms with Crippen LogP contribution >= 0.6 is 34.8 Å². The van der Waals surface area contributed by atoms with Gasteiger partial charge in [0.05, 0.1) is 16.9 Å². The Balaban J connectivity index is 1.92. The number of thiocarbonyl (C=S) groups is 1. The van der Waals surface area contributed by atoms with Gasteiger partial charge in [-0.2, -0.15) is 5.10 Å². The Hall–Kier alpha value is -2.33. The lowest BCUT2D eigenvalue weighted by Gasteiger charge is -2.14. The van der Waals surface area contributed by atoms with Gasteiger partial charge in [-0.05, 0) is 71.6 Å². The Labute approximate surface area is 190 Å². The van der Waals surface area contributed by atoms with Crippen LogP contribution in [0.5, 0.6) is 17.2 Å². The van der Waals surface area contributed by atoms with Gasteiger partial charge < -0.3 is 19.5 Å². The minimum atomic E-state index is 0.401. The molecule has 29 heavy (non-hydrogen) atoms. The van der Waals surface area contributed by atoms with Gasteiger partial charge in [-0.3, -0.25) is 5.43 Å². The molecule has 0 aliphatic heterocycles. The van der Waals surface area contributed by atoms with Gasteiger partial charge in [-0.1, -0.05) is 23.8 Å². The number of aryl methyl sites for hydroxylation is 1. The number of nitrogens with one attached hydrogen (secondary N) is 2. The van der Waals surface area contributed by atoms with E-state index >= 15 is 0 Å². The fourth-order valence-electron chi connectivity index (χ4n) is 2.26. The highest BCUT2D eigenvalue weighted by Gasteiger charge is 2.11. The lowest BCUT2D eigenvalue weighted by molar-refractivity contribution is 0.210. The van der Waals surface area contributed by atoms with E-state index in [2.05, 4.69) is 45.0 Å². The lowest BCUT2D eigenvalue weighted by Crippen LogP contribution is -2.31. The van der Waals surface area contributed by atoms with Crippen molar-refractivity contribution in [1.29, 1.82) is 0 Å². The van der Waals surface area contributed by atoms with Crippen LogP contribution in [0.25, 0.3) is 0 Å². The summed E-state index contributed by atoms with van der Waals surface area (Å²) >= 11 is 7.30. The van der Waals surface area contributed by atoms with E-state index in [1.165, 1.54) is 5.56 Å². The Morgan fingerprint density at radius 3 is 2.62 bits per heavy atom. The van der Waals surface area contributed by atoms with Gasteiger partial charge in [0.25, 0.3) is 0 Å². The molecule has 154 valence electrons. The van der Waals surface area contributed by atoms with Crippen molar-refractivity contribution in [2.75, 3.05) is 26.9 Å². The number of ether oxygens (including phenoxy) is 3. The molecule has 0 aliphatic carbocycles. The summed E-state index contributed by atoms with van der Waals surface area (Å²) in [5.41, 5.74) is 4.80. The van der Waals surface area contributed by atoms with Crippen LogP contribution in [-0.2, 0) is 0 Å². The van der Waals surface area contributed by atoms with Crippen molar-refractivity contribution in [2.45, 2.75) is 6.92 Å².